The predicted molar refractivity (Wildman–Crippen MR) is 75.8 cm³/mol. The number of rotatable bonds is 6. The summed E-state index contributed by atoms with van der Waals surface area (Å²) in [6.07, 6.45) is 4.98. The van der Waals surface area contributed by atoms with Gasteiger partial charge in [-0.3, -0.25) is 4.68 Å². The van der Waals surface area contributed by atoms with Crippen LogP contribution in [-0.2, 0) is 20.0 Å². The lowest BCUT2D eigenvalue weighted by molar-refractivity contribution is 0.393. The Morgan fingerprint density at radius 2 is 2.22 bits per heavy atom. The van der Waals surface area contributed by atoms with Crippen molar-refractivity contribution in [2.24, 2.45) is 18.9 Å². The van der Waals surface area contributed by atoms with Gasteiger partial charge < -0.3 is 5.32 Å². The molecule has 1 aromatic rings. The van der Waals surface area contributed by atoms with E-state index >= 15 is 0 Å². The number of halogens is 1. The molecule has 0 amide bonds. The van der Waals surface area contributed by atoms with E-state index in [0.717, 1.165) is 37.2 Å². The lowest BCUT2D eigenvalue weighted by Crippen LogP contribution is -2.26. The molecule has 1 saturated carbocycles. The molecule has 1 heterocycles. The molecule has 102 valence electrons. The Bertz CT molecular complexity index is 375. The second-order valence-electron chi connectivity index (χ2n) is 5.34. The summed E-state index contributed by atoms with van der Waals surface area (Å²) in [6.45, 7) is 4.14. The average molecular weight is 270 g/mol. The van der Waals surface area contributed by atoms with Gasteiger partial charge in [0, 0.05) is 19.5 Å². The molecule has 2 rings (SSSR count). The molecular formula is C14H24ClN3. The summed E-state index contributed by atoms with van der Waals surface area (Å²) >= 11 is 6.00. The first-order valence-corrected chi connectivity index (χ1v) is 7.56. The average Bonchev–Trinajstić information content (AvgIpc) is 2.96. The van der Waals surface area contributed by atoms with E-state index in [-0.39, 0.29) is 0 Å². The Labute approximate surface area is 115 Å². The number of nitrogens with one attached hydrogen (secondary N) is 1. The van der Waals surface area contributed by atoms with Gasteiger partial charge in [-0.2, -0.15) is 5.10 Å². The first-order valence-electron chi connectivity index (χ1n) is 7.03. The van der Waals surface area contributed by atoms with E-state index in [1.54, 1.807) is 0 Å². The Hall–Kier alpha value is -0.540. The minimum Gasteiger partial charge on any atom is -0.311 e. The van der Waals surface area contributed by atoms with Crippen LogP contribution in [0.25, 0.3) is 0 Å². The van der Waals surface area contributed by atoms with Gasteiger partial charge in [-0.15, -0.1) is 11.6 Å². The van der Waals surface area contributed by atoms with E-state index in [9.17, 15) is 0 Å². The molecule has 0 aliphatic heterocycles. The molecule has 2 unspecified atom stereocenters. The maximum absolute atomic E-state index is 6.00. The number of alkyl halides is 1. The number of aryl methyl sites for hydroxylation is 2. The van der Waals surface area contributed by atoms with Crippen LogP contribution in [0.3, 0.4) is 0 Å². The first-order chi connectivity index (χ1) is 8.74. The third kappa shape index (κ3) is 3.27. The Balaban J connectivity index is 1.79. The fourth-order valence-electron chi connectivity index (χ4n) is 2.88. The van der Waals surface area contributed by atoms with Crippen LogP contribution in [0.1, 0.15) is 37.6 Å². The van der Waals surface area contributed by atoms with Gasteiger partial charge in [-0.1, -0.05) is 13.3 Å². The normalized spacial score (nSPS) is 23.7. The molecular weight excluding hydrogens is 246 g/mol. The van der Waals surface area contributed by atoms with E-state index in [1.165, 1.54) is 30.7 Å². The van der Waals surface area contributed by atoms with Crippen LogP contribution < -0.4 is 5.32 Å². The molecule has 0 spiro atoms. The molecule has 1 aliphatic carbocycles. The maximum Gasteiger partial charge on any atom is 0.0625 e. The summed E-state index contributed by atoms with van der Waals surface area (Å²) in [7, 11) is 2.02. The standard InChI is InChI=1S/C14H24ClN3/c1-3-13-7-14(18(2)17-13)10-16-9-12-6-4-5-11(12)8-15/h7,11-12,16H,3-6,8-10H2,1-2H3. The summed E-state index contributed by atoms with van der Waals surface area (Å²) in [6, 6.07) is 2.20. The zero-order valence-electron chi connectivity index (χ0n) is 11.5. The largest absolute Gasteiger partial charge is 0.311 e. The van der Waals surface area contributed by atoms with Crippen molar-refractivity contribution < 1.29 is 0 Å². The fourth-order valence-corrected chi connectivity index (χ4v) is 3.29. The van der Waals surface area contributed by atoms with Crippen molar-refractivity contribution in [3.8, 4) is 0 Å². The molecule has 1 N–H and O–H groups in total. The number of nitrogens with zero attached hydrogens (tertiary/aromatic N) is 2. The van der Waals surface area contributed by atoms with Crippen LogP contribution in [-0.4, -0.2) is 22.2 Å². The highest BCUT2D eigenvalue weighted by Crippen LogP contribution is 2.31. The molecule has 0 bridgehead atoms. The lowest BCUT2D eigenvalue weighted by Gasteiger charge is -2.17. The molecule has 2 atom stereocenters. The second kappa shape index (κ2) is 6.58. The van der Waals surface area contributed by atoms with Crippen LogP contribution in [0.4, 0.5) is 0 Å². The van der Waals surface area contributed by atoms with Gasteiger partial charge >= 0.3 is 0 Å². The second-order valence-corrected chi connectivity index (χ2v) is 5.65. The molecule has 1 aromatic heterocycles. The van der Waals surface area contributed by atoms with Gasteiger partial charge in [0.1, 0.15) is 0 Å². The van der Waals surface area contributed by atoms with Crippen LogP contribution in [0.5, 0.6) is 0 Å². The van der Waals surface area contributed by atoms with Crippen LogP contribution >= 0.6 is 11.6 Å². The van der Waals surface area contributed by atoms with Gasteiger partial charge in [-0.05, 0) is 43.7 Å². The van der Waals surface area contributed by atoms with Gasteiger partial charge in [-0.25, -0.2) is 0 Å². The van der Waals surface area contributed by atoms with Crippen LogP contribution in [0.2, 0.25) is 0 Å². The highest BCUT2D eigenvalue weighted by Gasteiger charge is 2.25. The molecule has 0 saturated heterocycles. The van der Waals surface area contributed by atoms with Crippen molar-refractivity contribution in [2.45, 2.75) is 39.2 Å². The summed E-state index contributed by atoms with van der Waals surface area (Å²) in [5, 5.41) is 8.03. The zero-order chi connectivity index (χ0) is 13.0. The quantitative estimate of drug-likeness (QED) is 0.805. The Kier molecular flexibility index (Phi) is 5.07. The first kappa shape index (κ1) is 13.9. The van der Waals surface area contributed by atoms with Crippen molar-refractivity contribution in [3.05, 3.63) is 17.5 Å². The topological polar surface area (TPSA) is 29.9 Å². The highest BCUT2D eigenvalue weighted by molar-refractivity contribution is 6.18. The molecule has 3 nitrogen and oxygen atoms in total. The third-order valence-corrected chi connectivity index (χ3v) is 4.51. The van der Waals surface area contributed by atoms with Crippen molar-refractivity contribution in [3.63, 3.8) is 0 Å². The minimum absolute atomic E-state index is 0.719. The van der Waals surface area contributed by atoms with E-state index in [4.69, 9.17) is 11.6 Å². The van der Waals surface area contributed by atoms with Crippen molar-refractivity contribution in [2.75, 3.05) is 12.4 Å². The Morgan fingerprint density at radius 1 is 1.44 bits per heavy atom. The molecule has 0 aromatic carbocycles. The number of hydrogen-bond donors (Lipinski definition) is 1. The summed E-state index contributed by atoms with van der Waals surface area (Å²) in [5.74, 6) is 2.30. The monoisotopic (exact) mass is 269 g/mol. The van der Waals surface area contributed by atoms with Crippen LogP contribution in [0.15, 0.2) is 6.07 Å². The van der Waals surface area contributed by atoms with E-state index in [0.29, 0.717) is 0 Å². The molecule has 1 aliphatic rings. The smallest absolute Gasteiger partial charge is 0.0625 e. The Morgan fingerprint density at radius 3 is 2.89 bits per heavy atom. The summed E-state index contributed by atoms with van der Waals surface area (Å²) in [5.41, 5.74) is 2.45. The predicted octanol–water partition coefficient (Wildman–Crippen LogP) is 2.73. The molecule has 0 radical (unpaired) electrons. The maximum atomic E-state index is 6.00. The van der Waals surface area contributed by atoms with Crippen LogP contribution in [0, 0.1) is 11.8 Å². The number of hydrogen-bond acceptors (Lipinski definition) is 2. The molecule has 18 heavy (non-hydrogen) atoms. The van der Waals surface area contributed by atoms with Gasteiger partial charge in [0.05, 0.1) is 11.4 Å². The molecule has 4 heteroatoms. The SMILES string of the molecule is CCc1cc(CNCC2CCCC2CCl)n(C)n1. The fraction of sp³-hybridized carbons (Fsp3) is 0.786. The van der Waals surface area contributed by atoms with E-state index in [2.05, 4.69) is 23.4 Å². The minimum atomic E-state index is 0.719. The van der Waals surface area contributed by atoms with E-state index < -0.39 is 0 Å². The van der Waals surface area contributed by atoms with Gasteiger partial charge in [0.2, 0.25) is 0 Å². The zero-order valence-corrected chi connectivity index (χ0v) is 12.2. The van der Waals surface area contributed by atoms with Gasteiger partial charge in [0.15, 0.2) is 0 Å². The number of aromatic nitrogens is 2. The molecule has 1 fully saturated rings. The van der Waals surface area contributed by atoms with Crippen molar-refractivity contribution in [1.82, 2.24) is 15.1 Å². The highest BCUT2D eigenvalue weighted by atomic mass is 35.5. The lowest BCUT2D eigenvalue weighted by atomic mass is 9.98. The van der Waals surface area contributed by atoms with Gasteiger partial charge in [0.25, 0.3) is 0 Å². The summed E-state index contributed by atoms with van der Waals surface area (Å²) in [4.78, 5) is 0. The third-order valence-electron chi connectivity index (χ3n) is 4.12. The van der Waals surface area contributed by atoms with Crippen molar-refractivity contribution in [1.29, 1.82) is 0 Å². The van der Waals surface area contributed by atoms with Crippen molar-refractivity contribution >= 4 is 11.6 Å². The van der Waals surface area contributed by atoms with E-state index in [1.807, 2.05) is 11.7 Å². The summed E-state index contributed by atoms with van der Waals surface area (Å²) < 4.78 is 1.99.